The molecule has 0 aliphatic rings. The minimum atomic E-state index is -0.112. The van der Waals surface area contributed by atoms with Gasteiger partial charge in [-0.2, -0.15) is 0 Å². The Balaban J connectivity index is 2.41. The number of benzene rings is 2. The summed E-state index contributed by atoms with van der Waals surface area (Å²) in [5, 5.41) is 0.629. The molecule has 0 radical (unpaired) electrons. The molecule has 0 heterocycles. The molecule has 1 unspecified atom stereocenters. The van der Waals surface area contributed by atoms with Crippen LogP contribution < -0.4 is 0 Å². The highest BCUT2D eigenvalue weighted by Gasteiger charge is 2.14. The summed E-state index contributed by atoms with van der Waals surface area (Å²) in [4.78, 5) is 0. The zero-order valence-electron chi connectivity index (χ0n) is 11.3. The van der Waals surface area contributed by atoms with Crippen molar-refractivity contribution in [3.63, 3.8) is 0 Å². The Bertz CT molecular complexity index is 544. The van der Waals surface area contributed by atoms with Crippen LogP contribution in [0.2, 0.25) is 5.02 Å². The highest BCUT2D eigenvalue weighted by atomic mass is 35.5. The maximum atomic E-state index is 6.65. The Labute approximate surface area is 125 Å². The van der Waals surface area contributed by atoms with Crippen molar-refractivity contribution in [1.29, 1.82) is 0 Å². The van der Waals surface area contributed by atoms with Crippen molar-refractivity contribution >= 4 is 23.2 Å². The van der Waals surface area contributed by atoms with E-state index in [0.717, 1.165) is 23.4 Å². The molecule has 0 aliphatic heterocycles. The molecule has 19 heavy (non-hydrogen) atoms. The van der Waals surface area contributed by atoms with Crippen molar-refractivity contribution in [2.45, 2.75) is 32.1 Å². The average Bonchev–Trinajstić information content (AvgIpc) is 2.46. The van der Waals surface area contributed by atoms with Crippen molar-refractivity contribution in [2.24, 2.45) is 0 Å². The third kappa shape index (κ3) is 3.32. The Morgan fingerprint density at radius 2 is 1.63 bits per heavy atom. The number of rotatable bonds is 4. The molecule has 0 amide bonds. The van der Waals surface area contributed by atoms with Gasteiger partial charge in [-0.15, -0.1) is 11.6 Å². The highest BCUT2D eigenvalue weighted by Crippen LogP contribution is 2.32. The minimum Gasteiger partial charge on any atom is -0.113 e. The SMILES string of the molecule is CCc1ccc(CC)c(C(Cl)c2ccc(Cl)cc2)c1. The van der Waals surface area contributed by atoms with Gasteiger partial charge < -0.3 is 0 Å². The van der Waals surface area contributed by atoms with E-state index >= 15 is 0 Å². The second kappa shape index (κ2) is 6.45. The van der Waals surface area contributed by atoms with Gasteiger partial charge in [0.2, 0.25) is 0 Å². The van der Waals surface area contributed by atoms with Crippen LogP contribution in [0, 0.1) is 0 Å². The fraction of sp³-hybridized carbons (Fsp3) is 0.294. The van der Waals surface area contributed by atoms with Crippen molar-refractivity contribution in [2.75, 3.05) is 0 Å². The molecule has 0 aromatic heterocycles. The predicted molar refractivity (Wildman–Crippen MR) is 84.3 cm³/mol. The zero-order valence-corrected chi connectivity index (χ0v) is 12.8. The van der Waals surface area contributed by atoms with Gasteiger partial charge in [-0.3, -0.25) is 0 Å². The summed E-state index contributed by atoms with van der Waals surface area (Å²) in [7, 11) is 0. The molecule has 2 aromatic carbocycles. The van der Waals surface area contributed by atoms with Crippen LogP contribution in [-0.2, 0) is 12.8 Å². The lowest BCUT2D eigenvalue weighted by atomic mass is 9.95. The largest absolute Gasteiger partial charge is 0.113 e. The summed E-state index contributed by atoms with van der Waals surface area (Å²) in [6.07, 6.45) is 2.03. The van der Waals surface area contributed by atoms with Crippen molar-refractivity contribution in [3.8, 4) is 0 Å². The summed E-state index contributed by atoms with van der Waals surface area (Å²) in [6.45, 7) is 4.33. The highest BCUT2D eigenvalue weighted by molar-refractivity contribution is 6.30. The third-order valence-corrected chi connectivity index (χ3v) is 4.17. The van der Waals surface area contributed by atoms with Crippen LogP contribution in [-0.4, -0.2) is 0 Å². The Hall–Kier alpha value is -0.980. The topological polar surface area (TPSA) is 0 Å². The van der Waals surface area contributed by atoms with Gasteiger partial charge in [0.25, 0.3) is 0 Å². The van der Waals surface area contributed by atoms with Crippen LogP contribution in [0.15, 0.2) is 42.5 Å². The van der Waals surface area contributed by atoms with Crippen LogP contribution in [0.3, 0.4) is 0 Å². The molecule has 0 saturated carbocycles. The lowest BCUT2D eigenvalue weighted by Gasteiger charge is -2.16. The van der Waals surface area contributed by atoms with E-state index < -0.39 is 0 Å². The molecule has 0 aliphatic carbocycles. The molecule has 1 atom stereocenters. The van der Waals surface area contributed by atoms with E-state index in [0.29, 0.717) is 0 Å². The van der Waals surface area contributed by atoms with E-state index in [-0.39, 0.29) is 5.38 Å². The third-order valence-electron chi connectivity index (χ3n) is 3.44. The molecular formula is C17H18Cl2. The first-order valence-corrected chi connectivity index (χ1v) is 7.48. The minimum absolute atomic E-state index is 0.112. The fourth-order valence-electron chi connectivity index (χ4n) is 2.23. The molecule has 100 valence electrons. The lowest BCUT2D eigenvalue weighted by Crippen LogP contribution is -2.00. The summed E-state index contributed by atoms with van der Waals surface area (Å²) in [6, 6.07) is 14.4. The second-order valence-corrected chi connectivity index (χ2v) is 5.53. The van der Waals surface area contributed by atoms with E-state index in [1.165, 1.54) is 16.7 Å². The van der Waals surface area contributed by atoms with Crippen LogP contribution in [0.4, 0.5) is 0 Å². The van der Waals surface area contributed by atoms with Gasteiger partial charge in [-0.05, 0) is 47.2 Å². The molecule has 2 aromatic rings. The number of aryl methyl sites for hydroxylation is 2. The maximum absolute atomic E-state index is 6.65. The van der Waals surface area contributed by atoms with E-state index in [1.807, 2.05) is 24.3 Å². The Morgan fingerprint density at radius 1 is 0.947 bits per heavy atom. The van der Waals surface area contributed by atoms with Gasteiger partial charge in [0, 0.05) is 5.02 Å². The van der Waals surface area contributed by atoms with Crippen molar-refractivity contribution in [3.05, 3.63) is 69.7 Å². The molecular weight excluding hydrogens is 275 g/mol. The molecule has 2 rings (SSSR count). The molecule has 0 spiro atoms. The molecule has 0 N–H and O–H groups in total. The first-order valence-electron chi connectivity index (χ1n) is 6.67. The summed E-state index contributed by atoms with van der Waals surface area (Å²) >= 11 is 12.6. The van der Waals surface area contributed by atoms with Gasteiger partial charge in [0.1, 0.15) is 0 Å². The summed E-state index contributed by atoms with van der Waals surface area (Å²) < 4.78 is 0. The van der Waals surface area contributed by atoms with Crippen LogP contribution in [0.1, 0.15) is 41.5 Å². The van der Waals surface area contributed by atoms with Crippen LogP contribution in [0.25, 0.3) is 0 Å². The second-order valence-electron chi connectivity index (χ2n) is 4.65. The van der Waals surface area contributed by atoms with Crippen molar-refractivity contribution in [1.82, 2.24) is 0 Å². The predicted octanol–water partition coefficient (Wildman–Crippen LogP) is 5.79. The Morgan fingerprint density at radius 3 is 2.21 bits per heavy atom. The van der Waals surface area contributed by atoms with Gasteiger partial charge >= 0.3 is 0 Å². The fourth-order valence-corrected chi connectivity index (χ4v) is 2.71. The molecule has 2 heteroatoms. The number of hydrogen-bond donors (Lipinski definition) is 0. The standard InChI is InChI=1S/C17H18Cl2/c1-3-12-5-6-13(4-2)16(11-12)17(19)14-7-9-15(18)10-8-14/h5-11,17H,3-4H2,1-2H3. The molecule has 0 bridgehead atoms. The maximum Gasteiger partial charge on any atom is 0.0838 e. The van der Waals surface area contributed by atoms with Gasteiger partial charge in [0.05, 0.1) is 5.38 Å². The van der Waals surface area contributed by atoms with Crippen LogP contribution >= 0.6 is 23.2 Å². The van der Waals surface area contributed by atoms with E-state index in [2.05, 4.69) is 32.0 Å². The van der Waals surface area contributed by atoms with Gasteiger partial charge in [-0.1, -0.05) is 55.8 Å². The first-order chi connectivity index (χ1) is 9.15. The molecule has 0 fully saturated rings. The number of hydrogen-bond acceptors (Lipinski definition) is 0. The monoisotopic (exact) mass is 292 g/mol. The number of halogens is 2. The van der Waals surface area contributed by atoms with E-state index in [9.17, 15) is 0 Å². The zero-order chi connectivity index (χ0) is 13.8. The van der Waals surface area contributed by atoms with E-state index in [1.54, 1.807) is 0 Å². The first kappa shape index (κ1) is 14.4. The molecule has 0 nitrogen and oxygen atoms in total. The van der Waals surface area contributed by atoms with Gasteiger partial charge in [-0.25, -0.2) is 0 Å². The normalized spacial score (nSPS) is 12.4. The smallest absolute Gasteiger partial charge is 0.0838 e. The summed E-state index contributed by atoms with van der Waals surface area (Å²) in [5.41, 5.74) is 4.94. The quantitative estimate of drug-likeness (QED) is 0.625. The lowest BCUT2D eigenvalue weighted by molar-refractivity contribution is 1.02. The molecule has 0 saturated heterocycles. The average molecular weight is 293 g/mol. The number of alkyl halides is 1. The van der Waals surface area contributed by atoms with Crippen molar-refractivity contribution < 1.29 is 0 Å². The summed E-state index contributed by atoms with van der Waals surface area (Å²) in [5.74, 6) is 0. The van der Waals surface area contributed by atoms with E-state index in [4.69, 9.17) is 23.2 Å². The van der Waals surface area contributed by atoms with Crippen LogP contribution in [0.5, 0.6) is 0 Å². The van der Waals surface area contributed by atoms with Gasteiger partial charge in [0.15, 0.2) is 0 Å². The Kier molecular flexibility index (Phi) is 4.90.